The lowest BCUT2D eigenvalue weighted by molar-refractivity contribution is -0.129. The standard InChI is InChI=1S/C30H24O4/c1-21-9-13-23(14-10-21)17-19-28(31)33-26-7-3-5-25-6-4-8-27(30(25)26)34-29(32)20-18-24-15-11-22(2)12-16-24/h3-20H,1-2H3/b19-17+,20-18+. The van der Waals surface area contributed by atoms with Crippen LogP contribution in [0.15, 0.2) is 97.1 Å². The lowest BCUT2D eigenvalue weighted by Crippen LogP contribution is -2.07. The summed E-state index contributed by atoms with van der Waals surface area (Å²) in [5.74, 6) is -0.397. The third-order valence-electron chi connectivity index (χ3n) is 5.23. The molecule has 0 spiro atoms. The van der Waals surface area contributed by atoms with Crippen LogP contribution in [0.2, 0.25) is 0 Å². The number of ether oxygens (including phenoxy) is 2. The van der Waals surface area contributed by atoms with Crippen LogP contribution in [-0.4, -0.2) is 11.9 Å². The molecule has 0 atom stereocenters. The molecule has 4 heteroatoms. The monoisotopic (exact) mass is 448 g/mol. The SMILES string of the molecule is Cc1ccc(/C=C/C(=O)Oc2cccc3cccc(OC(=O)/C=C/c4ccc(C)cc4)c23)cc1. The first kappa shape index (κ1) is 22.7. The highest BCUT2D eigenvalue weighted by molar-refractivity contribution is 5.99. The van der Waals surface area contributed by atoms with Crippen molar-refractivity contribution in [1.82, 2.24) is 0 Å². The number of hydrogen-bond acceptors (Lipinski definition) is 4. The van der Waals surface area contributed by atoms with Gasteiger partial charge >= 0.3 is 11.9 Å². The Balaban J connectivity index is 1.53. The highest BCUT2D eigenvalue weighted by Crippen LogP contribution is 2.34. The van der Waals surface area contributed by atoms with E-state index in [0.29, 0.717) is 16.9 Å². The molecule has 168 valence electrons. The third-order valence-corrected chi connectivity index (χ3v) is 5.23. The van der Waals surface area contributed by atoms with Crippen LogP contribution in [0.5, 0.6) is 11.5 Å². The quantitative estimate of drug-likeness (QED) is 0.187. The normalized spacial score (nSPS) is 11.2. The minimum absolute atomic E-state index is 0.321. The molecule has 0 aliphatic carbocycles. The van der Waals surface area contributed by atoms with Crippen LogP contribution in [0, 0.1) is 13.8 Å². The molecule has 0 unspecified atom stereocenters. The van der Waals surface area contributed by atoms with Crippen molar-refractivity contribution < 1.29 is 19.1 Å². The highest BCUT2D eigenvalue weighted by Gasteiger charge is 2.13. The van der Waals surface area contributed by atoms with E-state index in [2.05, 4.69) is 0 Å². The molecule has 0 radical (unpaired) electrons. The molecule has 34 heavy (non-hydrogen) atoms. The maximum absolute atomic E-state index is 12.5. The van der Waals surface area contributed by atoms with E-state index in [9.17, 15) is 9.59 Å². The van der Waals surface area contributed by atoms with E-state index in [1.54, 1.807) is 36.4 Å². The minimum atomic E-state index is -0.520. The third kappa shape index (κ3) is 5.87. The van der Waals surface area contributed by atoms with Crippen molar-refractivity contribution in [1.29, 1.82) is 0 Å². The van der Waals surface area contributed by atoms with E-state index in [1.165, 1.54) is 12.2 Å². The number of carbonyl (C=O) groups is 2. The summed E-state index contributed by atoms with van der Waals surface area (Å²) in [5, 5.41) is 1.35. The van der Waals surface area contributed by atoms with Gasteiger partial charge in [-0.05, 0) is 54.6 Å². The number of fused-ring (bicyclic) bond motifs is 1. The van der Waals surface area contributed by atoms with Gasteiger partial charge in [0, 0.05) is 12.2 Å². The number of aryl methyl sites for hydroxylation is 2. The second-order valence-corrected chi connectivity index (χ2v) is 7.94. The Hall–Kier alpha value is -4.44. The number of carbonyl (C=O) groups excluding carboxylic acids is 2. The van der Waals surface area contributed by atoms with Gasteiger partial charge in [0.05, 0.1) is 5.39 Å². The Labute approximate surface area is 198 Å². The smallest absolute Gasteiger partial charge is 0.336 e. The van der Waals surface area contributed by atoms with Gasteiger partial charge in [0.1, 0.15) is 11.5 Å². The van der Waals surface area contributed by atoms with Crippen molar-refractivity contribution in [3.63, 3.8) is 0 Å². The zero-order valence-corrected chi connectivity index (χ0v) is 19.0. The number of rotatable bonds is 6. The molecule has 4 nitrogen and oxygen atoms in total. The molecule has 0 bridgehead atoms. The van der Waals surface area contributed by atoms with Gasteiger partial charge in [-0.1, -0.05) is 83.9 Å². The second-order valence-electron chi connectivity index (χ2n) is 7.94. The van der Waals surface area contributed by atoms with E-state index in [4.69, 9.17) is 9.47 Å². The van der Waals surface area contributed by atoms with Crippen molar-refractivity contribution in [2.45, 2.75) is 13.8 Å². The van der Waals surface area contributed by atoms with Crippen molar-refractivity contribution in [3.8, 4) is 11.5 Å². The van der Waals surface area contributed by atoms with Crippen LogP contribution in [0.1, 0.15) is 22.3 Å². The summed E-state index contributed by atoms with van der Waals surface area (Å²) in [5.41, 5.74) is 4.09. The zero-order chi connectivity index (χ0) is 23.9. The molecule has 0 heterocycles. The van der Waals surface area contributed by atoms with Crippen LogP contribution >= 0.6 is 0 Å². The maximum Gasteiger partial charge on any atom is 0.336 e. The summed E-state index contributed by atoms with van der Waals surface area (Å²) >= 11 is 0. The Morgan fingerprint density at radius 2 is 1.00 bits per heavy atom. The van der Waals surface area contributed by atoms with Gasteiger partial charge in [0.2, 0.25) is 0 Å². The van der Waals surface area contributed by atoms with E-state index < -0.39 is 11.9 Å². The molecule has 0 amide bonds. The van der Waals surface area contributed by atoms with Gasteiger partial charge in [0.15, 0.2) is 0 Å². The van der Waals surface area contributed by atoms with Crippen LogP contribution in [0.25, 0.3) is 22.9 Å². The Kier molecular flexibility index (Phi) is 6.99. The fourth-order valence-electron chi connectivity index (χ4n) is 3.41. The van der Waals surface area contributed by atoms with Gasteiger partial charge in [-0.15, -0.1) is 0 Å². The summed E-state index contributed by atoms with van der Waals surface area (Å²) in [6, 6.07) is 26.3. The van der Waals surface area contributed by atoms with Crippen molar-refractivity contribution in [2.75, 3.05) is 0 Å². The molecule has 0 aromatic heterocycles. The van der Waals surface area contributed by atoms with E-state index >= 15 is 0 Å². The predicted octanol–water partition coefficient (Wildman–Crippen LogP) is 6.69. The first-order valence-corrected chi connectivity index (χ1v) is 10.9. The van der Waals surface area contributed by atoms with E-state index in [-0.39, 0.29) is 0 Å². The van der Waals surface area contributed by atoms with Gasteiger partial charge in [-0.2, -0.15) is 0 Å². The zero-order valence-electron chi connectivity index (χ0n) is 19.0. The first-order chi connectivity index (χ1) is 16.5. The molecule has 0 saturated heterocycles. The van der Waals surface area contributed by atoms with Crippen LogP contribution in [-0.2, 0) is 9.59 Å². The minimum Gasteiger partial charge on any atom is -0.423 e. The van der Waals surface area contributed by atoms with Crippen LogP contribution in [0.4, 0.5) is 0 Å². The van der Waals surface area contributed by atoms with E-state index in [1.807, 2.05) is 74.5 Å². The number of esters is 2. The Morgan fingerprint density at radius 1 is 0.588 bits per heavy atom. The fraction of sp³-hybridized carbons (Fsp3) is 0.0667. The summed E-state index contributed by atoms with van der Waals surface area (Å²) in [7, 11) is 0. The summed E-state index contributed by atoms with van der Waals surface area (Å²) in [4.78, 5) is 25.0. The number of benzene rings is 4. The lowest BCUT2D eigenvalue weighted by atomic mass is 10.1. The molecule has 0 aliphatic rings. The molecule has 0 N–H and O–H groups in total. The molecule has 4 aromatic carbocycles. The van der Waals surface area contributed by atoms with Crippen molar-refractivity contribution >= 4 is 34.9 Å². The molecule has 0 fully saturated rings. The highest BCUT2D eigenvalue weighted by atomic mass is 16.5. The van der Waals surface area contributed by atoms with Gasteiger partial charge in [-0.3, -0.25) is 0 Å². The summed E-state index contributed by atoms with van der Waals surface area (Å²) in [6.45, 7) is 4.01. The summed E-state index contributed by atoms with van der Waals surface area (Å²) in [6.07, 6.45) is 6.15. The number of hydrogen-bond donors (Lipinski definition) is 0. The fourth-order valence-corrected chi connectivity index (χ4v) is 3.41. The lowest BCUT2D eigenvalue weighted by Gasteiger charge is -2.10. The van der Waals surface area contributed by atoms with Gasteiger partial charge in [0.25, 0.3) is 0 Å². The van der Waals surface area contributed by atoms with Crippen molar-refractivity contribution in [2.24, 2.45) is 0 Å². The van der Waals surface area contributed by atoms with Gasteiger partial charge in [-0.25, -0.2) is 9.59 Å². The molecule has 4 rings (SSSR count). The first-order valence-electron chi connectivity index (χ1n) is 10.9. The van der Waals surface area contributed by atoms with Crippen LogP contribution < -0.4 is 9.47 Å². The average Bonchev–Trinajstić information content (AvgIpc) is 2.83. The topological polar surface area (TPSA) is 52.6 Å². The Bertz CT molecular complexity index is 1270. The maximum atomic E-state index is 12.5. The molecular weight excluding hydrogens is 424 g/mol. The van der Waals surface area contributed by atoms with Gasteiger partial charge < -0.3 is 9.47 Å². The molecule has 0 saturated carbocycles. The molecule has 4 aromatic rings. The predicted molar refractivity (Wildman–Crippen MR) is 136 cm³/mol. The average molecular weight is 449 g/mol. The second kappa shape index (κ2) is 10.5. The largest absolute Gasteiger partial charge is 0.423 e. The molecular formula is C30H24O4. The van der Waals surface area contributed by atoms with E-state index in [0.717, 1.165) is 27.6 Å². The summed E-state index contributed by atoms with van der Waals surface area (Å²) < 4.78 is 11.2. The molecule has 0 aliphatic heterocycles. The van der Waals surface area contributed by atoms with Crippen LogP contribution in [0.3, 0.4) is 0 Å². The van der Waals surface area contributed by atoms with Crippen molar-refractivity contribution in [3.05, 3.63) is 119 Å². The Morgan fingerprint density at radius 3 is 1.41 bits per heavy atom.